The number of anilines is 2. The van der Waals surface area contributed by atoms with Crippen molar-refractivity contribution >= 4 is 33.2 Å². The van der Waals surface area contributed by atoms with E-state index in [9.17, 15) is 4.79 Å². The lowest BCUT2D eigenvalue weighted by Gasteiger charge is -2.38. The summed E-state index contributed by atoms with van der Waals surface area (Å²) in [5.41, 5.74) is 4.57. The largest absolute Gasteiger partial charge is 0.360 e. The molecule has 4 heteroatoms. The van der Waals surface area contributed by atoms with Crippen LogP contribution in [0, 0.1) is 6.92 Å². The number of amides is 1. The molecule has 1 atom stereocenters. The van der Waals surface area contributed by atoms with E-state index in [0.29, 0.717) is 5.56 Å². The Kier molecular flexibility index (Phi) is 4.06. The van der Waals surface area contributed by atoms with E-state index in [4.69, 9.17) is 0 Å². The van der Waals surface area contributed by atoms with Crippen molar-refractivity contribution in [1.29, 1.82) is 0 Å². The maximum Gasteiger partial charge on any atom is 0.262 e. The molecule has 1 heterocycles. The van der Waals surface area contributed by atoms with Crippen molar-refractivity contribution in [2.45, 2.75) is 13.1 Å². The summed E-state index contributed by atoms with van der Waals surface area (Å²) in [6.45, 7) is 2.03. The van der Waals surface area contributed by atoms with Gasteiger partial charge in [0.1, 0.15) is 6.17 Å². The van der Waals surface area contributed by atoms with E-state index in [1.807, 2.05) is 84.6 Å². The first-order valence-electron chi connectivity index (χ1n) is 8.15. The van der Waals surface area contributed by atoms with Gasteiger partial charge < -0.3 is 5.32 Å². The SMILES string of the molecule is Cc1cccc(N2C(=O)c3ccccc3N[C@H]2c2ccccc2Br)c1. The molecule has 0 spiro atoms. The minimum Gasteiger partial charge on any atom is -0.360 e. The summed E-state index contributed by atoms with van der Waals surface area (Å²) in [4.78, 5) is 15.1. The van der Waals surface area contributed by atoms with E-state index in [1.54, 1.807) is 0 Å². The first kappa shape index (κ1) is 15.9. The van der Waals surface area contributed by atoms with Crippen LogP contribution in [0.5, 0.6) is 0 Å². The minimum absolute atomic E-state index is 0.000651. The highest BCUT2D eigenvalue weighted by Gasteiger charge is 2.34. The average molecular weight is 393 g/mol. The number of nitrogens with one attached hydrogen (secondary N) is 1. The molecule has 0 fully saturated rings. The summed E-state index contributed by atoms with van der Waals surface area (Å²) in [6, 6.07) is 23.7. The quantitative estimate of drug-likeness (QED) is 0.621. The van der Waals surface area contributed by atoms with Gasteiger partial charge in [-0.2, -0.15) is 0 Å². The van der Waals surface area contributed by atoms with Crippen molar-refractivity contribution in [3.8, 4) is 0 Å². The zero-order valence-corrected chi connectivity index (χ0v) is 15.3. The Labute approximate surface area is 155 Å². The van der Waals surface area contributed by atoms with Crippen LogP contribution in [0.2, 0.25) is 0 Å². The van der Waals surface area contributed by atoms with Gasteiger partial charge in [0.2, 0.25) is 0 Å². The number of benzene rings is 3. The van der Waals surface area contributed by atoms with Gasteiger partial charge in [0.05, 0.1) is 5.56 Å². The van der Waals surface area contributed by atoms with Crippen LogP contribution in [0.15, 0.2) is 77.3 Å². The molecule has 1 aliphatic rings. The molecule has 1 aliphatic heterocycles. The zero-order valence-electron chi connectivity index (χ0n) is 13.7. The number of fused-ring (bicyclic) bond motifs is 1. The summed E-state index contributed by atoms with van der Waals surface area (Å²) in [5.74, 6) is 0.000651. The van der Waals surface area contributed by atoms with Gasteiger partial charge in [-0.25, -0.2) is 0 Å². The molecule has 0 saturated carbocycles. The van der Waals surface area contributed by atoms with Crippen LogP contribution in [0.25, 0.3) is 0 Å². The summed E-state index contributed by atoms with van der Waals surface area (Å²) < 4.78 is 0.970. The molecule has 3 aromatic carbocycles. The van der Waals surface area contributed by atoms with Crippen LogP contribution in [0.1, 0.15) is 27.7 Å². The number of carbonyl (C=O) groups is 1. The number of halogens is 1. The topological polar surface area (TPSA) is 32.3 Å². The molecular formula is C21H17BrN2O. The third-order valence-electron chi connectivity index (χ3n) is 4.41. The van der Waals surface area contributed by atoms with Crippen molar-refractivity contribution in [2.24, 2.45) is 0 Å². The van der Waals surface area contributed by atoms with E-state index in [-0.39, 0.29) is 12.1 Å². The maximum absolute atomic E-state index is 13.3. The fourth-order valence-electron chi connectivity index (χ4n) is 3.21. The van der Waals surface area contributed by atoms with Crippen LogP contribution in [0.4, 0.5) is 11.4 Å². The van der Waals surface area contributed by atoms with Gasteiger partial charge in [0.25, 0.3) is 5.91 Å². The predicted octanol–water partition coefficient (Wildman–Crippen LogP) is 5.53. The summed E-state index contributed by atoms with van der Waals surface area (Å²) >= 11 is 3.63. The van der Waals surface area contributed by atoms with E-state index >= 15 is 0 Å². The molecule has 4 rings (SSSR count). The number of para-hydroxylation sites is 1. The van der Waals surface area contributed by atoms with E-state index in [1.165, 1.54) is 0 Å². The van der Waals surface area contributed by atoms with E-state index in [0.717, 1.165) is 27.0 Å². The third-order valence-corrected chi connectivity index (χ3v) is 5.13. The lowest BCUT2D eigenvalue weighted by molar-refractivity contribution is 0.0975. The maximum atomic E-state index is 13.3. The molecule has 0 aliphatic carbocycles. The molecule has 3 nitrogen and oxygen atoms in total. The molecule has 0 bridgehead atoms. The molecular weight excluding hydrogens is 376 g/mol. The Morgan fingerprint density at radius 2 is 1.72 bits per heavy atom. The van der Waals surface area contributed by atoms with Crippen molar-refractivity contribution in [3.05, 3.63) is 94.0 Å². The van der Waals surface area contributed by atoms with Gasteiger partial charge >= 0.3 is 0 Å². The Hall–Kier alpha value is -2.59. The predicted molar refractivity (Wildman–Crippen MR) is 105 cm³/mol. The number of aryl methyl sites for hydroxylation is 1. The lowest BCUT2D eigenvalue weighted by atomic mass is 10.0. The van der Waals surface area contributed by atoms with Crippen molar-refractivity contribution in [3.63, 3.8) is 0 Å². The normalized spacial score (nSPS) is 16.3. The zero-order chi connectivity index (χ0) is 17.4. The van der Waals surface area contributed by atoms with Crippen LogP contribution in [0.3, 0.4) is 0 Å². The molecule has 0 aromatic heterocycles. The summed E-state index contributed by atoms with van der Waals surface area (Å²) in [6.07, 6.45) is -0.278. The van der Waals surface area contributed by atoms with Gasteiger partial charge in [0, 0.05) is 21.4 Å². The number of nitrogens with zero attached hydrogens (tertiary/aromatic N) is 1. The molecule has 3 aromatic rings. The lowest BCUT2D eigenvalue weighted by Crippen LogP contribution is -2.43. The second-order valence-electron chi connectivity index (χ2n) is 6.13. The van der Waals surface area contributed by atoms with Gasteiger partial charge in [-0.15, -0.1) is 0 Å². The second kappa shape index (κ2) is 6.37. The number of rotatable bonds is 2. The Morgan fingerprint density at radius 1 is 0.960 bits per heavy atom. The highest BCUT2D eigenvalue weighted by atomic mass is 79.9. The third kappa shape index (κ3) is 2.83. The van der Waals surface area contributed by atoms with Gasteiger partial charge in [-0.05, 0) is 42.8 Å². The standard InChI is InChI=1S/C21H17BrN2O/c1-14-7-6-8-15(13-14)24-20(16-9-2-4-11-18(16)22)23-19-12-5-3-10-17(19)21(24)25/h2-13,20,23H,1H3/t20-/m1/s1. The van der Waals surface area contributed by atoms with Crippen molar-refractivity contribution in [1.82, 2.24) is 0 Å². The first-order chi connectivity index (χ1) is 12.1. The smallest absolute Gasteiger partial charge is 0.262 e. The summed E-state index contributed by atoms with van der Waals surface area (Å²) in [5, 5.41) is 3.53. The van der Waals surface area contributed by atoms with E-state index in [2.05, 4.69) is 21.2 Å². The highest BCUT2D eigenvalue weighted by Crippen LogP contribution is 2.38. The minimum atomic E-state index is -0.278. The fraction of sp³-hybridized carbons (Fsp3) is 0.0952. The highest BCUT2D eigenvalue weighted by molar-refractivity contribution is 9.10. The molecule has 0 saturated heterocycles. The molecule has 1 amide bonds. The van der Waals surface area contributed by atoms with Crippen LogP contribution < -0.4 is 10.2 Å². The Balaban J connectivity index is 1.90. The monoisotopic (exact) mass is 392 g/mol. The Morgan fingerprint density at radius 3 is 2.52 bits per heavy atom. The average Bonchev–Trinajstić information content (AvgIpc) is 2.62. The molecule has 0 radical (unpaired) electrons. The number of hydrogen-bond donors (Lipinski definition) is 1. The van der Waals surface area contributed by atoms with Gasteiger partial charge in [-0.3, -0.25) is 9.69 Å². The first-order valence-corrected chi connectivity index (χ1v) is 8.94. The number of carbonyl (C=O) groups excluding carboxylic acids is 1. The van der Waals surface area contributed by atoms with Crippen LogP contribution in [-0.2, 0) is 0 Å². The molecule has 124 valence electrons. The molecule has 0 unspecified atom stereocenters. The van der Waals surface area contributed by atoms with E-state index < -0.39 is 0 Å². The van der Waals surface area contributed by atoms with Gasteiger partial charge in [-0.1, -0.05) is 58.4 Å². The van der Waals surface area contributed by atoms with Crippen molar-refractivity contribution in [2.75, 3.05) is 10.2 Å². The second-order valence-corrected chi connectivity index (χ2v) is 6.98. The van der Waals surface area contributed by atoms with Crippen LogP contribution >= 0.6 is 15.9 Å². The number of hydrogen-bond acceptors (Lipinski definition) is 2. The molecule has 1 N–H and O–H groups in total. The van der Waals surface area contributed by atoms with Crippen molar-refractivity contribution < 1.29 is 4.79 Å². The van der Waals surface area contributed by atoms with Crippen LogP contribution in [-0.4, -0.2) is 5.91 Å². The van der Waals surface area contributed by atoms with Gasteiger partial charge in [0.15, 0.2) is 0 Å². The summed E-state index contributed by atoms with van der Waals surface area (Å²) in [7, 11) is 0. The molecule has 25 heavy (non-hydrogen) atoms. The fourth-order valence-corrected chi connectivity index (χ4v) is 3.71. The Bertz CT molecular complexity index is 954.